The number of rotatable bonds is 3. The number of aromatic nitrogens is 1. The third kappa shape index (κ3) is 3.59. The van der Waals surface area contributed by atoms with Gasteiger partial charge in [0.05, 0.1) is 7.11 Å². The van der Waals surface area contributed by atoms with Gasteiger partial charge in [-0.2, -0.15) is 0 Å². The van der Waals surface area contributed by atoms with Crippen molar-refractivity contribution in [3.05, 3.63) is 52.1 Å². The molecule has 1 aromatic heterocycles. The fourth-order valence-electron chi connectivity index (χ4n) is 1.40. The van der Waals surface area contributed by atoms with Gasteiger partial charge in [0.25, 0.3) is 0 Å². The second-order valence-corrected chi connectivity index (χ2v) is 4.43. The van der Waals surface area contributed by atoms with Gasteiger partial charge in [0.1, 0.15) is 5.75 Å². The summed E-state index contributed by atoms with van der Waals surface area (Å²) in [5, 5.41) is 0.901. The molecule has 0 spiro atoms. The smallest absolute Gasteiger partial charge is 0.356 e. The molecule has 0 aliphatic carbocycles. The van der Waals surface area contributed by atoms with Crippen LogP contribution in [0.1, 0.15) is 10.5 Å². The summed E-state index contributed by atoms with van der Waals surface area (Å²) in [4.78, 5) is 15.4. The second kappa shape index (κ2) is 5.91. The molecule has 19 heavy (non-hydrogen) atoms. The number of pyridine rings is 1. The van der Waals surface area contributed by atoms with Crippen LogP contribution in [0.15, 0.2) is 36.4 Å². The van der Waals surface area contributed by atoms with Crippen LogP contribution in [-0.2, 0) is 4.74 Å². The van der Waals surface area contributed by atoms with E-state index in [9.17, 15) is 4.79 Å². The van der Waals surface area contributed by atoms with Crippen molar-refractivity contribution in [1.29, 1.82) is 0 Å². The van der Waals surface area contributed by atoms with E-state index < -0.39 is 5.97 Å². The molecular formula is C13H9Cl2NO3. The Morgan fingerprint density at radius 1 is 1.16 bits per heavy atom. The monoisotopic (exact) mass is 297 g/mol. The highest BCUT2D eigenvalue weighted by Crippen LogP contribution is 2.27. The van der Waals surface area contributed by atoms with E-state index in [4.69, 9.17) is 27.9 Å². The maximum atomic E-state index is 11.3. The van der Waals surface area contributed by atoms with E-state index in [0.717, 1.165) is 0 Å². The molecule has 1 heterocycles. The molecule has 0 fully saturated rings. The van der Waals surface area contributed by atoms with Gasteiger partial charge in [0.2, 0.25) is 5.88 Å². The molecule has 1 aromatic carbocycles. The number of hydrogen-bond donors (Lipinski definition) is 0. The Kier molecular flexibility index (Phi) is 4.24. The lowest BCUT2D eigenvalue weighted by Gasteiger charge is -2.06. The van der Waals surface area contributed by atoms with E-state index >= 15 is 0 Å². The highest BCUT2D eigenvalue weighted by Gasteiger charge is 2.09. The van der Waals surface area contributed by atoms with Crippen LogP contribution in [0.25, 0.3) is 0 Å². The summed E-state index contributed by atoms with van der Waals surface area (Å²) >= 11 is 11.7. The molecular weight excluding hydrogens is 289 g/mol. The van der Waals surface area contributed by atoms with Crippen molar-refractivity contribution in [2.45, 2.75) is 0 Å². The summed E-state index contributed by atoms with van der Waals surface area (Å²) in [6.45, 7) is 0. The summed E-state index contributed by atoms with van der Waals surface area (Å²) in [5.41, 5.74) is 0.160. The SMILES string of the molecule is COC(=O)c1cccc(Oc2cc(Cl)cc(Cl)c2)n1. The molecule has 98 valence electrons. The minimum atomic E-state index is -0.533. The quantitative estimate of drug-likeness (QED) is 0.804. The van der Waals surface area contributed by atoms with Crippen LogP contribution in [0.3, 0.4) is 0 Å². The fourth-order valence-corrected chi connectivity index (χ4v) is 1.90. The number of methoxy groups -OCH3 is 1. The molecule has 2 aromatic rings. The van der Waals surface area contributed by atoms with Crippen molar-refractivity contribution in [3.63, 3.8) is 0 Å². The molecule has 0 saturated carbocycles. The molecule has 0 aliphatic heterocycles. The molecule has 0 atom stereocenters. The predicted octanol–water partition coefficient (Wildman–Crippen LogP) is 3.97. The first kappa shape index (κ1) is 13.6. The standard InChI is InChI=1S/C13H9Cl2NO3/c1-18-13(17)11-3-2-4-12(16-11)19-10-6-8(14)5-9(15)7-10/h2-7H,1H3. The minimum absolute atomic E-state index is 0.160. The summed E-state index contributed by atoms with van der Waals surface area (Å²) in [6, 6.07) is 9.57. The maximum Gasteiger partial charge on any atom is 0.356 e. The predicted molar refractivity (Wildman–Crippen MR) is 72.1 cm³/mol. The Morgan fingerprint density at radius 3 is 2.47 bits per heavy atom. The van der Waals surface area contributed by atoms with E-state index in [-0.39, 0.29) is 11.6 Å². The van der Waals surface area contributed by atoms with Crippen LogP contribution in [0.4, 0.5) is 0 Å². The summed E-state index contributed by atoms with van der Waals surface area (Å²) in [6.07, 6.45) is 0. The van der Waals surface area contributed by atoms with Crippen LogP contribution in [0.5, 0.6) is 11.6 Å². The molecule has 0 aliphatic rings. The molecule has 0 unspecified atom stereocenters. The number of hydrogen-bond acceptors (Lipinski definition) is 4. The third-order valence-electron chi connectivity index (χ3n) is 2.18. The van der Waals surface area contributed by atoms with Crippen molar-refractivity contribution < 1.29 is 14.3 Å². The number of esters is 1. The zero-order valence-corrected chi connectivity index (χ0v) is 11.4. The molecule has 0 bridgehead atoms. The molecule has 0 saturated heterocycles. The lowest BCUT2D eigenvalue weighted by Crippen LogP contribution is -2.04. The van der Waals surface area contributed by atoms with E-state index in [0.29, 0.717) is 15.8 Å². The van der Waals surface area contributed by atoms with Crippen LogP contribution in [0, 0.1) is 0 Å². The largest absolute Gasteiger partial charge is 0.464 e. The first-order chi connectivity index (χ1) is 9.08. The number of carbonyl (C=O) groups excluding carboxylic acids is 1. The van der Waals surface area contributed by atoms with Gasteiger partial charge >= 0.3 is 5.97 Å². The van der Waals surface area contributed by atoms with Crippen molar-refractivity contribution in [2.75, 3.05) is 7.11 Å². The number of carbonyl (C=O) groups is 1. The number of halogens is 2. The Morgan fingerprint density at radius 2 is 1.84 bits per heavy atom. The zero-order chi connectivity index (χ0) is 13.8. The van der Waals surface area contributed by atoms with Gasteiger partial charge in [-0.05, 0) is 24.3 Å². The van der Waals surface area contributed by atoms with E-state index in [2.05, 4.69) is 9.72 Å². The van der Waals surface area contributed by atoms with Crippen molar-refractivity contribution in [2.24, 2.45) is 0 Å². The maximum absolute atomic E-state index is 11.3. The third-order valence-corrected chi connectivity index (χ3v) is 2.61. The number of ether oxygens (including phenoxy) is 2. The molecule has 4 nitrogen and oxygen atoms in total. The normalized spacial score (nSPS) is 10.1. The molecule has 0 radical (unpaired) electrons. The summed E-state index contributed by atoms with van der Waals surface area (Å²) in [5.74, 6) is 0.155. The van der Waals surface area contributed by atoms with E-state index in [1.165, 1.54) is 13.2 Å². The average molecular weight is 298 g/mol. The van der Waals surface area contributed by atoms with Crippen molar-refractivity contribution in [1.82, 2.24) is 4.98 Å². The molecule has 6 heteroatoms. The number of nitrogens with zero attached hydrogens (tertiary/aromatic N) is 1. The Hall–Kier alpha value is -1.78. The Balaban J connectivity index is 2.25. The van der Waals surface area contributed by atoms with E-state index in [1.54, 1.807) is 30.3 Å². The molecule has 0 N–H and O–H groups in total. The highest BCUT2D eigenvalue weighted by molar-refractivity contribution is 6.34. The molecule has 0 amide bonds. The van der Waals surface area contributed by atoms with Crippen molar-refractivity contribution >= 4 is 29.2 Å². The van der Waals surface area contributed by atoms with Crippen LogP contribution >= 0.6 is 23.2 Å². The van der Waals surface area contributed by atoms with Crippen LogP contribution in [-0.4, -0.2) is 18.1 Å². The van der Waals surface area contributed by atoms with Crippen LogP contribution < -0.4 is 4.74 Å². The first-order valence-electron chi connectivity index (χ1n) is 5.28. The zero-order valence-electron chi connectivity index (χ0n) is 9.89. The topological polar surface area (TPSA) is 48.4 Å². The van der Waals surface area contributed by atoms with Gasteiger partial charge in [-0.3, -0.25) is 0 Å². The minimum Gasteiger partial charge on any atom is -0.464 e. The highest BCUT2D eigenvalue weighted by atomic mass is 35.5. The summed E-state index contributed by atoms with van der Waals surface area (Å²) in [7, 11) is 1.29. The lowest BCUT2D eigenvalue weighted by molar-refractivity contribution is 0.0593. The Bertz CT molecular complexity index is 596. The first-order valence-corrected chi connectivity index (χ1v) is 6.03. The van der Waals surface area contributed by atoms with Crippen molar-refractivity contribution in [3.8, 4) is 11.6 Å². The lowest BCUT2D eigenvalue weighted by atomic mass is 10.3. The fraction of sp³-hybridized carbons (Fsp3) is 0.0769. The molecule has 2 rings (SSSR count). The number of benzene rings is 1. The second-order valence-electron chi connectivity index (χ2n) is 3.56. The van der Waals surface area contributed by atoms with Gasteiger partial charge in [-0.25, -0.2) is 9.78 Å². The van der Waals surface area contributed by atoms with E-state index in [1.807, 2.05) is 0 Å². The van der Waals surface area contributed by atoms with Gasteiger partial charge in [0, 0.05) is 16.1 Å². The van der Waals surface area contributed by atoms with Gasteiger partial charge < -0.3 is 9.47 Å². The van der Waals surface area contributed by atoms with Gasteiger partial charge in [-0.1, -0.05) is 29.3 Å². The Labute approximate surface area is 119 Å². The summed E-state index contributed by atoms with van der Waals surface area (Å²) < 4.78 is 10.1. The average Bonchev–Trinajstić information content (AvgIpc) is 2.37. The van der Waals surface area contributed by atoms with Gasteiger partial charge in [0.15, 0.2) is 5.69 Å². The van der Waals surface area contributed by atoms with Gasteiger partial charge in [-0.15, -0.1) is 0 Å². The van der Waals surface area contributed by atoms with Crippen LogP contribution in [0.2, 0.25) is 10.0 Å².